The van der Waals surface area contributed by atoms with E-state index < -0.39 is 0 Å². The topological polar surface area (TPSA) is 75.2 Å². The van der Waals surface area contributed by atoms with E-state index in [1.54, 1.807) is 13.1 Å². The largest absolute Gasteiger partial charge is 0.348 e. The van der Waals surface area contributed by atoms with Gasteiger partial charge in [0.15, 0.2) is 5.82 Å². The summed E-state index contributed by atoms with van der Waals surface area (Å²) in [6, 6.07) is 9.66. The van der Waals surface area contributed by atoms with Crippen molar-refractivity contribution in [2.24, 2.45) is 0 Å². The van der Waals surface area contributed by atoms with Crippen LogP contribution in [0.3, 0.4) is 0 Å². The van der Waals surface area contributed by atoms with Gasteiger partial charge in [0, 0.05) is 26.2 Å². The van der Waals surface area contributed by atoms with Gasteiger partial charge in [0.1, 0.15) is 0 Å². The highest BCUT2D eigenvalue weighted by Crippen LogP contribution is 2.29. The maximum Gasteiger partial charge on any atom is 0.254 e. The predicted octanol–water partition coefficient (Wildman–Crippen LogP) is 2.79. The summed E-state index contributed by atoms with van der Waals surface area (Å²) in [6.45, 7) is 4.59. The Balaban J connectivity index is 1.72. The molecule has 6 heteroatoms. The van der Waals surface area contributed by atoms with Gasteiger partial charge in [-0.25, -0.2) is 9.97 Å². The van der Waals surface area contributed by atoms with E-state index in [2.05, 4.69) is 15.3 Å². The van der Waals surface area contributed by atoms with E-state index in [9.17, 15) is 9.59 Å². The average Bonchev–Trinajstić information content (AvgIpc) is 2.66. The molecule has 136 valence electrons. The van der Waals surface area contributed by atoms with Crippen molar-refractivity contribution in [3.8, 4) is 0 Å². The quantitative estimate of drug-likeness (QED) is 0.918. The smallest absolute Gasteiger partial charge is 0.254 e. The summed E-state index contributed by atoms with van der Waals surface area (Å²) in [4.78, 5) is 35.1. The molecule has 0 radical (unpaired) electrons. The number of benzene rings is 1. The van der Waals surface area contributed by atoms with Gasteiger partial charge in [-0.05, 0) is 31.7 Å². The number of likely N-dealkylation sites (tertiary alicyclic amines) is 1. The minimum absolute atomic E-state index is 0.0423. The lowest BCUT2D eigenvalue weighted by molar-refractivity contribution is -0.132. The molecule has 26 heavy (non-hydrogen) atoms. The fourth-order valence-corrected chi connectivity index (χ4v) is 3.32. The van der Waals surface area contributed by atoms with Crippen molar-refractivity contribution in [2.45, 2.75) is 45.7 Å². The molecule has 0 bridgehead atoms. The molecular formula is C20H24N4O2. The lowest BCUT2D eigenvalue weighted by atomic mass is 10.0. The maximum atomic E-state index is 12.4. The van der Waals surface area contributed by atoms with Crippen LogP contribution in [0.25, 0.3) is 0 Å². The Hall–Kier alpha value is -2.76. The molecule has 2 aromatic rings. The Morgan fingerprint density at radius 1 is 1.23 bits per heavy atom. The van der Waals surface area contributed by atoms with Crippen molar-refractivity contribution in [3.05, 3.63) is 59.2 Å². The Morgan fingerprint density at radius 3 is 2.69 bits per heavy atom. The van der Waals surface area contributed by atoms with Gasteiger partial charge in [-0.2, -0.15) is 0 Å². The molecule has 0 saturated carbocycles. The highest BCUT2D eigenvalue weighted by Gasteiger charge is 2.28. The monoisotopic (exact) mass is 352 g/mol. The molecule has 1 aliphatic rings. The first-order valence-corrected chi connectivity index (χ1v) is 8.99. The van der Waals surface area contributed by atoms with E-state index in [4.69, 9.17) is 0 Å². The van der Waals surface area contributed by atoms with Crippen LogP contribution in [0.4, 0.5) is 0 Å². The van der Waals surface area contributed by atoms with Gasteiger partial charge >= 0.3 is 0 Å². The first-order chi connectivity index (χ1) is 12.6. The van der Waals surface area contributed by atoms with Gasteiger partial charge in [0.05, 0.1) is 17.3 Å². The minimum atomic E-state index is -0.190. The van der Waals surface area contributed by atoms with E-state index in [1.165, 1.54) is 0 Å². The van der Waals surface area contributed by atoms with Crippen LogP contribution in [-0.2, 0) is 11.3 Å². The second-order valence-corrected chi connectivity index (χ2v) is 6.62. The third-order valence-corrected chi connectivity index (χ3v) is 4.74. The van der Waals surface area contributed by atoms with E-state index in [0.717, 1.165) is 31.4 Å². The molecule has 0 spiro atoms. The third kappa shape index (κ3) is 4.07. The number of nitrogens with one attached hydrogen (secondary N) is 1. The Labute approximate surface area is 153 Å². The van der Waals surface area contributed by atoms with E-state index in [-0.39, 0.29) is 17.9 Å². The summed E-state index contributed by atoms with van der Waals surface area (Å²) in [5.74, 6) is 0.475. The lowest BCUT2D eigenvalue weighted by Gasteiger charge is -2.34. The normalized spacial score (nSPS) is 17.0. The number of aryl methyl sites for hydroxylation is 1. The molecule has 1 aromatic heterocycles. The second-order valence-electron chi connectivity index (χ2n) is 6.62. The molecule has 1 saturated heterocycles. The number of aromatic nitrogens is 2. The highest BCUT2D eigenvalue weighted by atomic mass is 16.2. The van der Waals surface area contributed by atoms with Crippen molar-refractivity contribution in [3.63, 3.8) is 0 Å². The minimum Gasteiger partial charge on any atom is -0.348 e. The van der Waals surface area contributed by atoms with Crippen LogP contribution in [0.1, 0.15) is 59.7 Å². The molecular weight excluding hydrogens is 328 g/mol. The molecule has 6 nitrogen and oxygen atoms in total. The number of carbonyl (C=O) groups is 2. The van der Waals surface area contributed by atoms with Gasteiger partial charge in [-0.3, -0.25) is 9.59 Å². The highest BCUT2D eigenvalue weighted by molar-refractivity contribution is 5.94. The molecule has 2 heterocycles. The Morgan fingerprint density at radius 2 is 2.00 bits per heavy atom. The molecule has 0 aliphatic carbocycles. The summed E-state index contributed by atoms with van der Waals surface area (Å²) in [7, 11) is 0. The van der Waals surface area contributed by atoms with Crippen molar-refractivity contribution >= 4 is 11.8 Å². The van der Waals surface area contributed by atoms with Crippen LogP contribution in [0.15, 0.2) is 36.5 Å². The zero-order chi connectivity index (χ0) is 18.5. The van der Waals surface area contributed by atoms with Gasteiger partial charge < -0.3 is 10.2 Å². The summed E-state index contributed by atoms with van der Waals surface area (Å²) in [5.41, 5.74) is 2.14. The number of rotatable bonds is 4. The summed E-state index contributed by atoms with van der Waals surface area (Å²) < 4.78 is 0. The number of amides is 2. The molecule has 1 aliphatic heterocycles. The van der Waals surface area contributed by atoms with Crippen molar-refractivity contribution < 1.29 is 9.59 Å². The van der Waals surface area contributed by atoms with Crippen LogP contribution in [-0.4, -0.2) is 33.2 Å². The summed E-state index contributed by atoms with van der Waals surface area (Å²) >= 11 is 0. The van der Waals surface area contributed by atoms with Gasteiger partial charge in [0.25, 0.3) is 5.91 Å². The van der Waals surface area contributed by atoms with Crippen LogP contribution in [0.2, 0.25) is 0 Å². The molecule has 3 rings (SSSR count). The van der Waals surface area contributed by atoms with Crippen LogP contribution >= 0.6 is 0 Å². The van der Waals surface area contributed by atoms with Crippen molar-refractivity contribution in [2.75, 3.05) is 6.54 Å². The fraction of sp³-hybridized carbons (Fsp3) is 0.400. The van der Waals surface area contributed by atoms with Crippen molar-refractivity contribution in [1.82, 2.24) is 20.2 Å². The Bertz CT molecular complexity index is 792. The molecule has 1 fully saturated rings. The van der Waals surface area contributed by atoms with Crippen molar-refractivity contribution in [1.29, 1.82) is 0 Å². The van der Waals surface area contributed by atoms with Gasteiger partial charge in [-0.1, -0.05) is 30.3 Å². The number of hydrogen-bond donors (Lipinski definition) is 1. The second kappa shape index (κ2) is 8.08. The standard InChI is InChI=1S/C20H24N4O2/c1-14-17(20(26)22-12-16-8-4-3-5-9-16)13-21-19(23-14)18-10-6-7-11-24(18)15(2)25/h3-5,8-9,13,18H,6-7,10-12H2,1-2H3,(H,22,26)/t18-/m1/s1. The number of hydrogen-bond acceptors (Lipinski definition) is 4. The van der Waals surface area contributed by atoms with Gasteiger partial charge in [0.2, 0.25) is 5.91 Å². The predicted molar refractivity (Wildman–Crippen MR) is 98.4 cm³/mol. The number of piperidine rings is 1. The van der Waals surface area contributed by atoms with Crippen LogP contribution in [0, 0.1) is 6.92 Å². The summed E-state index contributed by atoms with van der Waals surface area (Å²) in [5, 5.41) is 2.90. The fourth-order valence-electron chi connectivity index (χ4n) is 3.32. The molecule has 2 amide bonds. The zero-order valence-corrected chi connectivity index (χ0v) is 15.2. The molecule has 1 aromatic carbocycles. The first kappa shape index (κ1) is 18.0. The molecule has 1 N–H and O–H groups in total. The number of carbonyl (C=O) groups excluding carboxylic acids is 2. The maximum absolute atomic E-state index is 12.4. The molecule has 1 atom stereocenters. The lowest BCUT2D eigenvalue weighted by Crippen LogP contribution is -2.38. The zero-order valence-electron chi connectivity index (χ0n) is 15.2. The van der Waals surface area contributed by atoms with Gasteiger partial charge in [-0.15, -0.1) is 0 Å². The molecule has 0 unspecified atom stereocenters. The van der Waals surface area contributed by atoms with E-state index in [0.29, 0.717) is 23.6 Å². The first-order valence-electron chi connectivity index (χ1n) is 8.99. The summed E-state index contributed by atoms with van der Waals surface area (Å²) in [6.07, 6.45) is 4.49. The van der Waals surface area contributed by atoms with Crippen LogP contribution < -0.4 is 5.32 Å². The van der Waals surface area contributed by atoms with E-state index >= 15 is 0 Å². The van der Waals surface area contributed by atoms with E-state index in [1.807, 2.05) is 42.2 Å². The Kier molecular flexibility index (Phi) is 5.61. The number of nitrogens with zero attached hydrogens (tertiary/aromatic N) is 3. The average molecular weight is 352 g/mol. The SMILES string of the molecule is CC(=O)N1CCCC[C@@H]1c1ncc(C(=O)NCc2ccccc2)c(C)n1. The third-order valence-electron chi connectivity index (χ3n) is 4.74. The van der Waals surface area contributed by atoms with Crippen LogP contribution in [0.5, 0.6) is 0 Å².